The van der Waals surface area contributed by atoms with Crippen LogP contribution in [0.2, 0.25) is 0 Å². The summed E-state index contributed by atoms with van der Waals surface area (Å²) in [6.07, 6.45) is 0. The van der Waals surface area contributed by atoms with Crippen LogP contribution in [0.15, 0.2) is 35.7 Å². The third kappa shape index (κ3) is 2.51. The molecule has 0 fully saturated rings. The zero-order valence-electron chi connectivity index (χ0n) is 9.81. The summed E-state index contributed by atoms with van der Waals surface area (Å²) < 4.78 is 13.2. The van der Waals surface area contributed by atoms with Gasteiger partial charge in [0.2, 0.25) is 0 Å². The molecule has 0 aliphatic carbocycles. The molecule has 1 amide bonds. The fourth-order valence-corrected chi connectivity index (χ4v) is 2.35. The second kappa shape index (κ2) is 5.18. The van der Waals surface area contributed by atoms with Crippen molar-refractivity contribution in [1.29, 1.82) is 0 Å². The number of thiophene rings is 1. The first-order valence-electron chi connectivity index (χ1n) is 5.48. The molecule has 1 heterocycles. The largest absolute Gasteiger partial charge is 0.396 e. The van der Waals surface area contributed by atoms with Crippen molar-refractivity contribution >= 4 is 22.9 Å². The van der Waals surface area contributed by atoms with Crippen molar-refractivity contribution in [1.82, 2.24) is 5.32 Å². The normalized spacial score (nSPS) is 12.1. The number of halogens is 1. The Morgan fingerprint density at radius 2 is 2.17 bits per heavy atom. The van der Waals surface area contributed by atoms with E-state index < -0.39 is 5.82 Å². The van der Waals surface area contributed by atoms with Gasteiger partial charge in [0.05, 0.1) is 17.3 Å². The molecule has 94 valence electrons. The van der Waals surface area contributed by atoms with Gasteiger partial charge in [-0.25, -0.2) is 4.39 Å². The van der Waals surface area contributed by atoms with Gasteiger partial charge in [0.1, 0.15) is 5.82 Å². The quantitative estimate of drug-likeness (QED) is 0.837. The fraction of sp³-hybridized carbons (Fsp3) is 0.154. The number of rotatable bonds is 3. The van der Waals surface area contributed by atoms with Crippen molar-refractivity contribution in [2.45, 2.75) is 13.0 Å². The zero-order chi connectivity index (χ0) is 13.1. The van der Waals surface area contributed by atoms with Crippen molar-refractivity contribution in [2.75, 3.05) is 5.73 Å². The highest BCUT2D eigenvalue weighted by atomic mass is 32.1. The van der Waals surface area contributed by atoms with Crippen LogP contribution in [0.1, 0.15) is 28.2 Å². The standard InChI is InChI=1S/C13H13FN2OS/c1-8(11-6-3-7-18-11)16-13(17)9-4-2-5-10(14)12(9)15/h2-8H,15H2,1H3,(H,16,17)/t8-/m1/s1. The number of hydrogen-bond acceptors (Lipinski definition) is 3. The van der Waals surface area contributed by atoms with Gasteiger partial charge in [-0.2, -0.15) is 0 Å². The minimum Gasteiger partial charge on any atom is -0.396 e. The summed E-state index contributed by atoms with van der Waals surface area (Å²) in [7, 11) is 0. The summed E-state index contributed by atoms with van der Waals surface area (Å²) in [6, 6.07) is 7.93. The summed E-state index contributed by atoms with van der Waals surface area (Å²) in [5.41, 5.74) is 5.59. The van der Waals surface area contributed by atoms with E-state index in [2.05, 4.69) is 5.32 Å². The first-order chi connectivity index (χ1) is 8.59. The number of amides is 1. The van der Waals surface area contributed by atoms with E-state index in [1.165, 1.54) is 18.2 Å². The first kappa shape index (κ1) is 12.6. The highest BCUT2D eigenvalue weighted by Crippen LogP contribution is 2.20. The molecule has 0 aliphatic rings. The van der Waals surface area contributed by atoms with Crippen LogP contribution in [0.3, 0.4) is 0 Å². The number of benzene rings is 1. The number of para-hydroxylation sites is 1. The number of hydrogen-bond donors (Lipinski definition) is 2. The summed E-state index contributed by atoms with van der Waals surface area (Å²) >= 11 is 1.56. The van der Waals surface area contributed by atoms with Crippen molar-refractivity contribution in [3.05, 3.63) is 52.0 Å². The van der Waals surface area contributed by atoms with Crippen molar-refractivity contribution in [3.63, 3.8) is 0 Å². The van der Waals surface area contributed by atoms with Crippen molar-refractivity contribution < 1.29 is 9.18 Å². The second-order valence-electron chi connectivity index (χ2n) is 3.91. The van der Waals surface area contributed by atoms with E-state index in [4.69, 9.17) is 5.73 Å². The molecule has 0 saturated heterocycles. The molecular formula is C13H13FN2OS. The summed E-state index contributed by atoms with van der Waals surface area (Å²) in [6.45, 7) is 1.87. The zero-order valence-corrected chi connectivity index (χ0v) is 10.6. The number of nitrogen functional groups attached to an aromatic ring is 1. The molecule has 0 unspecified atom stereocenters. The smallest absolute Gasteiger partial charge is 0.253 e. The van der Waals surface area contributed by atoms with Gasteiger partial charge in [0.25, 0.3) is 5.91 Å². The number of anilines is 1. The highest BCUT2D eigenvalue weighted by Gasteiger charge is 2.15. The van der Waals surface area contributed by atoms with Crippen LogP contribution >= 0.6 is 11.3 Å². The van der Waals surface area contributed by atoms with Gasteiger partial charge in [0.15, 0.2) is 0 Å². The van der Waals surface area contributed by atoms with E-state index in [9.17, 15) is 9.18 Å². The molecule has 0 aliphatic heterocycles. The van der Waals surface area contributed by atoms with E-state index >= 15 is 0 Å². The molecule has 1 aromatic carbocycles. The van der Waals surface area contributed by atoms with Gasteiger partial charge < -0.3 is 11.1 Å². The third-order valence-corrected chi connectivity index (χ3v) is 3.67. The minimum atomic E-state index is -0.577. The predicted octanol–water partition coefficient (Wildman–Crippen LogP) is 2.96. The summed E-state index contributed by atoms with van der Waals surface area (Å²) in [4.78, 5) is 13.0. The molecule has 1 atom stereocenters. The van der Waals surface area contributed by atoms with E-state index in [1.54, 1.807) is 11.3 Å². The van der Waals surface area contributed by atoms with Crippen LogP contribution in [0.25, 0.3) is 0 Å². The summed E-state index contributed by atoms with van der Waals surface area (Å²) in [5.74, 6) is -0.945. The first-order valence-corrected chi connectivity index (χ1v) is 6.36. The Hall–Kier alpha value is -1.88. The molecule has 0 saturated carbocycles. The summed E-state index contributed by atoms with van der Waals surface area (Å²) in [5, 5.41) is 4.73. The number of nitrogens with two attached hydrogens (primary N) is 1. The number of nitrogens with one attached hydrogen (secondary N) is 1. The Morgan fingerprint density at radius 1 is 1.39 bits per heavy atom. The lowest BCUT2D eigenvalue weighted by Gasteiger charge is -2.13. The topological polar surface area (TPSA) is 55.1 Å². The molecule has 5 heteroatoms. The SMILES string of the molecule is C[C@@H](NC(=O)c1cccc(F)c1N)c1cccs1. The van der Waals surface area contributed by atoms with Gasteiger partial charge in [-0.05, 0) is 30.5 Å². The van der Waals surface area contributed by atoms with Crippen LogP contribution in [-0.2, 0) is 0 Å². The lowest BCUT2D eigenvalue weighted by Crippen LogP contribution is -2.27. The molecule has 2 aromatic rings. The maximum atomic E-state index is 13.2. The monoisotopic (exact) mass is 264 g/mol. The van der Waals surface area contributed by atoms with E-state index in [-0.39, 0.29) is 23.2 Å². The molecule has 2 rings (SSSR count). The van der Waals surface area contributed by atoms with Crippen LogP contribution in [-0.4, -0.2) is 5.91 Å². The molecule has 0 radical (unpaired) electrons. The number of carbonyl (C=O) groups is 1. The third-order valence-electron chi connectivity index (χ3n) is 2.62. The number of carbonyl (C=O) groups excluding carboxylic acids is 1. The van der Waals surface area contributed by atoms with E-state index in [1.807, 2.05) is 24.4 Å². The van der Waals surface area contributed by atoms with Crippen LogP contribution in [0.5, 0.6) is 0 Å². The van der Waals surface area contributed by atoms with Gasteiger partial charge in [-0.3, -0.25) is 4.79 Å². The van der Waals surface area contributed by atoms with Crippen molar-refractivity contribution in [2.24, 2.45) is 0 Å². The van der Waals surface area contributed by atoms with Gasteiger partial charge in [0, 0.05) is 4.88 Å². The second-order valence-corrected chi connectivity index (χ2v) is 4.89. The minimum absolute atomic E-state index is 0.117. The van der Waals surface area contributed by atoms with E-state index in [0.717, 1.165) is 4.88 Å². The van der Waals surface area contributed by atoms with Crippen LogP contribution < -0.4 is 11.1 Å². The lowest BCUT2D eigenvalue weighted by atomic mass is 10.1. The molecule has 1 aromatic heterocycles. The molecule has 3 nitrogen and oxygen atoms in total. The lowest BCUT2D eigenvalue weighted by molar-refractivity contribution is 0.0941. The molecule has 0 spiro atoms. The fourth-order valence-electron chi connectivity index (χ4n) is 1.62. The maximum absolute atomic E-state index is 13.2. The highest BCUT2D eigenvalue weighted by molar-refractivity contribution is 7.10. The average molecular weight is 264 g/mol. The van der Waals surface area contributed by atoms with Crippen molar-refractivity contribution in [3.8, 4) is 0 Å². The molecule has 3 N–H and O–H groups in total. The van der Waals surface area contributed by atoms with E-state index in [0.29, 0.717) is 0 Å². The molecular weight excluding hydrogens is 251 g/mol. The Bertz CT molecular complexity index is 554. The Labute approximate surface area is 108 Å². The van der Waals surface area contributed by atoms with Gasteiger partial charge in [-0.15, -0.1) is 11.3 Å². The molecule has 18 heavy (non-hydrogen) atoms. The Morgan fingerprint density at radius 3 is 2.83 bits per heavy atom. The average Bonchev–Trinajstić information content (AvgIpc) is 2.86. The van der Waals surface area contributed by atoms with Gasteiger partial charge >= 0.3 is 0 Å². The predicted molar refractivity (Wildman–Crippen MR) is 71.0 cm³/mol. The van der Waals surface area contributed by atoms with Crippen LogP contribution in [0.4, 0.5) is 10.1 Å². The Balaban J connectivity index is 2.15. The van der Waals surface area contributed by atoms with Gasteiger partial charge in [-0.1, -0.05) is 12.1 Å². The maximum Gasteiger partial charge on any atom is 0.253 e. The molecule has 0 bridgehead atoms. The van der Waals surface area contributed by atoms with Crippen LogP contribution in [0, 0.1) is 5.82 Å². The Kier molecular flexibility index (Phi) is 3.62.